The molecule has 0 aliphatic heterocycles. The van der Waals surface area contributed by atoms with E-state index in [1.54, 1.807) is 0 Å². The molecule has 0 radical (unpaired) electrons. The molecule has 2 aromatic carbocycles. The van der Waals surface area contributed by atoms with Gasteiger partial charge in [-0.1, -0.05) is 6.07 Å². The van der Waals surface area contributed by atoms with Crippen molar-refractivity contribution in [2.24, 2.45) is 0 Å². The molecule has 0 aliphatic carbocycles. The number of benzene rings is 2. The first-order chi connectivity index (χ1) is 9.99. The number of phenols is 3. The van der Waals surface area contributed by atoms with Crippen molar-refractivity contribution >= 4 is 10.9 Å². The van der Waals surface area contributed by atoms with Crippen molar-refractivity contribution in [3.8, 4) is 34.3 Å². The fraction of sp³-hybridized carbons (Fsp3) is 0. The average molecular weight is 285 g/mol. The molecule has 0 fully saturated rings. The minimum Gasteiger partial charge on any atom is -0.506 e. The summed E-state index contributed by atoms with van der Waals surface area (Å²) in [7, 11) is 0. The number of fused-ring (bicyclic) bond motifs is 1. The molecule has 0 atom stereocenters. The van der Waals surface area contributed by atoms with Crippen molar-refractivity contribution in [3.63, 3.8) is 0 Å². The fourth-order valence-corrected chi connectivity index (χ4v) is 2.17. The van der Waals surface area contributed by atoms with Gasteiger partial charge in [-0.2, -0.15) is 0 Å². The van der Waals surface area contributed by atoms with E-state index >= 15 is 0 Å². The Morgan fingerprint density at radius 3 is 2.33 bits per heavy atom. The summed E-state index contributed by atoms with van der Waals surface area (Å²) in [6, 6.07) is 8.24. The lowest BCUT2D eigenvalue weighted by Gasteiger charge is -2.09. The lowest BCUT2D eigenvalue weighted by atomic mass is 10.1. The zero-order valence-electron chi connectivity index (χ0n) is 10.7. The molecule has 1 heterocycles. The summed E-state index contributed by atoms with van der Waals surface area (Å²) in [6.07, 6.45) is 0. The Morgan fingerprint density at radius 2 is 1.62 bits per heavy atom. The maximum atomic E-state index is 12.1. The molecule has 21 heavy (non-hydrogen) atoms. The van der Waals surface area contributed by atoms with E-state index in [-0.39, 0.29) is 33.8 Å². The summed E-state index contributed by atoms with van der Waals surface area (Å²) in [5, 5.41) is 38.8. The lowest BCUT2D eigenvalue weighted by molar-refractivity contribution is 0.404. The average Bonchev–Trinajstić information content (AvgIpc) is 2.46. The summed E-state index contributed by atoms with van der Waals surface area (Å²) in [6.45, 7) is 0. The lowest BCUT2D eigenvalue weighted by Crippen LogP contribution is -2.05. The van der Waals surface area contributed by atoms with Crippen LogP contribution in [0, 0.1) is 0 Å². The highest BCUT2D eigenvalue weighted by Gasteiger charge is 2.15. The van der Waals surface area contributed by atoms with E-state index in [1.807, 2.05) is 0 Å². The predicted molar refractivity (Wildman–Crippen MR) is 76.7 cm³/mol. The number of aromatic amines is 1. The van der Waals surface area contributed by atoms with Crippen LogP contribution in [0.5, 0.6) is 23.0 Å². The number of aromatic nitrogens is 1. The van der Waals surface area contributed by atoms with Crippen molar-refractivity contribution in [3.05, 3.63) is 46.6 Å². The van der Waals surface area contributed by atoms with Gasteiger partial charge in [-0.3, -0.25) is 4.79 Å². The highest BCUT2D eigenvalue weighted by molar-refractivity contribution is 5.88. The van der Waals surface area contributed by atoms with Crippen LogP contribution in [0.2, 0.25) is 0 Å². The van der Waals surface area contributed by atoms with Crippen LogP contribution in [-0.2, 0) is 0 Å². The number of rotatable bonds is 1. The minimum absolute atomic E-state index is 0.0456. The Bertz CT molecular complexity index is 914. The van der Waals surface area contributed by atoms with E-state index in [9.17, 15) is 25.2 Å². The van der Waals surface area contributed by atoms with E-state index < -0.39 is 11.2 Å². The third kappa shape index (κ3) is 1.93. The molecular formula is C15H11NO5. The number of aromatic hydroxyl groups is 4. The van der Waals surface area contributed by atoms with Gasteiger partial charge in [-0.25, -0.2) is 0 Å². The SMILES string of the molecule is O=c1c(O)c(-c2ccc(O)c(O)c2)[nH]c2c(O)cccc12. The van der Waals surface area contributed by atoms with Gasteiger partial charge in [0, 0.05) is 5.56 Å². The molecule has 0 saturated heterocycles. The van der Waals surface area contributed by atoms with Crippen LogP contribution in [0.15, 0.2) is 41.2 Å². The second-order valence-corrected chi connectivity index (χ2v) is 4.58. The van der Waals surface area contributed by atoms with Crippen LogP contribution in [0.25, 0.3) is 22.2 Å². The van der Waals surface area contributed by atoms with Crippen LogP contribution in [0.4, 0.5) is 0 Å². The topological polar surface area (TPSA) is 114 Å². The number of pyridine rings is 1. The summed E-state index contributed by atoms with van der Waals surface area (Å²) in [4.78, 5) is 14.9. The number of H-pyrrole nitrogens is 1. The maximum Gasteiger partial charge on any atom is 0.231 e. The Morgan fingerprint density at radius 1 is 0.857 bits per heavy atom. The molecule has 6 heteroatoms. The van der Waals surface area contributed by atoms with Gasteiger partial charge in [-0.05, 0) is 30.3 Å². The van der Waals surface area contributed by atoms with Gasteiger partial charge >= 0.3 is 0 Å². The molecular weight excluding hydrogens is 274 g/mol. The van der Waals surface area contributed by atoms with E-state index in [2.05, 4.69) is 4.98 Å². The van der Waals surface area contributed by atoms with Gasteiger partial charge in [0.05, 0.1) is 16.6 Å². The zero-order chi connectivity index (χ0) is 15.1. The van der Waals surface area contributed by atoms with Gasteiger partial charge in [0.15, 0.2) is 17.2 Å². The summed E-state index contributed by atoms with van der Waals surface area (Å²) >= 11 is 0. The number of hydrogen-bond donors (Lipinski definition) is 5. The molecule has 3 aromatic rings. The highest BCUT2D eigenvalue weighted by atomic mass is 16.3. The number of phenolic OH excluding ortho intramolecular Hbond substituents is 3. The largest absolute Gasteiger partial charge is 0.506 e. The van der Waals surface area contributed by atoms with Crippen molar-refractivity contribution in [2.45, 2.75) is 0 Å². The Hall–Kier alpha value is -3.15. The van der Waals surface area contributed by atoms with Crippen LogP contribution in [0.1, 0.15) is 0 Å². The Kier molecular flexibility index (Phi) is 2.72. The molecule has 5 N–H and O–H groups in total. The first kappa shape index (κ1) is 12.9. The fourth-order valence-electron chi connectivity index (χ4n) is 2.17. The Labute approximate surface area is 118 Å². The van der Waals surface area contributed by atoms with Crippen molar-refractivity contribution in [1.82, 2.24) is 4.98 Å². The molecule has 0 aliphatic rings. The van der Waals surface area contributed by atoms with E-state index in [4.69, 9.17) is 0 Å². The van der Waals surface area contributed by atoms with Gasteiger partial charge < -0.3 is 25.4 Å². The Balaban J connectivity index is 2.37. The molecule has 0 spiro atoms. The van der Waals surface area contributed by atoms with Crippen LogP contribution in [-0.4, -0.2) is 25.4 Å². The molecule has 0 bridgehead atoms. The van der Waals surface area contributed by atoms with Crippen LogP contribution in [0.3, 0.4) is 0 Å². The molecule has 0 unspecified atom stereocenters. The van der Waals surface area contributed by atoms with Gasteiger partial charge in [0.25, 0.3) is 0 Å². The molecule has 6 nitrogen and oxygen atoms in total. The maximum absolute atomic E-state index is 12.1. The predicted octanol–water partition coefficient (Wildman–Crippen LogP) is 2.02. The van der Waals surface area contributed by atoms with Crippen molar-refractivity contribution in [1.29, 1.82) is 0 Å². The molecule has 106 valence electrons. The molecule has 1 aromatic heterocycles. The second kappa shape index (κ2) is 4.45. The second-order valence-electron chi connectivity index (χ2n) is 4.58. The van der Waals surface area contributed by atoms with Gasteiger partial charge in [0.1, 0.15) is 5.75 Å². The highest BCUT2D eigenvalue weighted by Crippen LogP contribution is 2.34. The first-order valence-corrected chi connectivity index (χ1v) is 6.08. The number of para-hydroxylation sites is 1. The summed E-state index contributed by atoms with van der Waals surface area (Å²) in [5.41, 5.74) is -0.112. The van der Waals surface area contributed by atoms with Crippen molar-refractivity contribution < 1.29 is 20.4 Å². The zero-order valence-corrected chi connectivity index (χ0v) is 10.7. The number of nitrogens with one attached hydrogen (secondary N) is 1. The van der Waals surface area contributed by atoms with Gasteiger partial charge in [-0.15, -0.1) is 0 Å². The first-order valence-electron chi connectivity index (χ1n) is 6.08. The van der Waals surface area contributed by atoms with E-state index in [0.29, 0.717) is 5.56 Å². The molecule has 0 saturated carbocycles. The minimum atomic E-state index is -0.637. The monoisotopic (exact) mass is 285 g/mol. The van der Waals surface area contributed by atoms with Crippen molar-refractivity contribution in [2.75, 3.05) is 0 Å². The third-order valence-electron chi connectivity index (χ3n) is 3.25. The normalized spacial score (nSPS) is 10.9. The van der Waals surface area contributed by atoms with E-state index in [1.165, 1.54) is 36.4 Å². The third-order valence-corrected chi connectivity index (χ3v) is 3.25. The van der Waals surface area contributed by atoms with E-state index in [0.717, 1.165) is 0 Å². The van der Waals surface area contributed by atoms with Gasteiger partial charge in [0.2, 0.25) is 5.43 Å². The molecule has 3 rings (SSSR count). The quantitative estimate of drug-likeness (QED) is 0.439. The number of hydrogen-bond acceptors (Lipinski definition) is 5. The van der Waals surface area contributed by atoms with Crippen LogP contribution < -0.4 is 5.43 Å². The summed E-state index contributed by atoms with van der Waals surface area (Å²) in [5.74, 6) is -1.36. The van der Waals surface area contributed by atoms with Crippen LogP contribution >= 0.6 is 0 Å². The standard InChI is InChI=1S/C15H11NO5/c17-9-5-4-7(6-11(9)19)12-15(21)14(20)8-2-1-3-10(18)13(8)16-12/h1-6,17-19,21H,(H,16,20). The smallest absolute Gasteiger partial charge is 0.231 e. The molecule has 0 amide bonds. The summed E-state index contributed by atoms with van der Waals surface area (Å²) < 4.78 is 0.